The van der Waals surface area contributed by atoms with E-state index in [1.165, 1.54) is 5.56 Å². The third-order valence-electron chi connectivity index (χ3n) is 2.22. The summed E-state index contributed by atoms with van der Waals surface area (Å²) < 4.78 is 0. The Kier molecular flexibility index (Phi) is 4.01. The molecule has 1 rings (SSSR count). The van der Waals surface area contributed by atoms with E-state index in [4.69, 9.17) is 5.73 Å². The molecule has 1 atom stereocenters. The maximum absolute atomic E-state index is 10.8. The van der Waals surface area contributed by atoms with Gasteiger partial charge in [-0.05, 0) is 18.2 Å². The molecule has 1 aromatic rings. The molecule has 1 amide bonds. The van der Waals surface area contributed by atoms with Crippen LogP contribution in [0.25, 0.3) is 0 Å². The SMILES string of the molecule is Cc1ccc(C(CS)CC(N)=O)cc1. The monoisotopic (exact) mass is 209 g/mol. The van der Waals surface area contributed by atoms with Gasteiger partial charge in [0.2, 0.25) is 5.91 Å². The highest BCUT2D eigenvalue weighted by molar-refractivity contribution is 7.80. The van der Waals surface area contributed by atoms with Crippen LogP contribution in [0.4, 0.5) is 0 Å². The van der Waals surface area contributed by atoms with E-state index in [0.29, 0.717) is 12.2 Å². The zero-order valence-electron chi connectivity index (χ0n) is 8.23. The van der Waals surface area contributed by atoms with Crippen LogP contribution in [0, 0.1) is 6.92 Å². The molecule has 0 saturated carbocycles. The molecule has 76 valence electrons. The molecule has 3 heteroatoms. The Hall–Kier alpha value is -0.960. The van der Waals surface area contributed by atoms with Crippen molar-refractivity contribution in [3.63, 3.8) is 0 Å². The van der Waals surface area contributed by atoms with Crippen molar-refractivity contribution in [1.82, 2.24) is 0 Å². The number of primary amides is 1. The van der Waals surface area contributed by atoms with Crippen LogP contribution in [0.3, 0.4) is 0 Å². The number of carbonyl (C=O) groups is 1. The van der Waals surface area contributed by atoms with Gasteiger partial charge in [0.25, 0.3) is 0 Å². The van der Waals surface area contributed by atoms with Crippen LogP contribution in [-0.2, 0) is 4.79 Å². The summed E-state index contributed by atoms with van der Waals surface area (Å²) in [5.41, 5.74) is 7.51. The first-order valence-corrected chi connectivity index (χ1v) is 5.22. The molecule has 0 aliphatic heterocycles. The lowest BCUT2D eigenvalue weighted by atomic mass is 9.96. The summed E-state index contributed by atoms with van der Waals surface area (Å²) in [4.78, 5) is 10.8. The first kappa shape index (κ1) is 11.1. The number of nitrogens with two attached hydrogens (primary N) is 1. The molecule has 0 aliphatic rings. The number of benzene rings is 1. The molecule has 0 bridgehead atoms. The van der Waals surface area contributed by atoms with Crippen LogP contribution < -0.4 is 5.73 Å². The lowest BCUT2D eigenvalue weighted by Crippen LogP contribution is -2.16. The second kappa shape index (κ2) is 5.05. The largest absolute Gasteiger partial charge is 0.370 e. The molecule has 0 fully saturated rings. The van der Waals surface area contributed by atoms with Gasteiger partial charge in [-0.3, -0.25) is 4.79 Å². The third kappa shape index (κ3) is 3.07. The first-order chi connectivity index (χ1) is 6.63. The minimum absolute atomic E-state index is 0.136. The maximum atomic E-state index is 10.8. The van der Waals surface area contributed by atoms with Crippen LogP contribution in [0.5, 0.6) is 0 Å². The van der Waals surface area contributed by atoms with Gasteiger partial charge < -0.3 is 5.73 Å². The normalized spacial score (nSPS) is 12.4. The van der Waals surface area contributed by atoms with Crippen LogP contribution >= 0.6 is 12.6 Å². The Bertz CT molecular complexity index is 308. The van der Waals surface area contributed by atoms with Crippen LogP contribution in [0.2, 0.25) is 0 Å². The van der Waals surface area contributed by atoms with Gasteiger partial charge in [-0.2, -0.15) is 12.6 Å². The standard InChI is InChI=1S/C11H15NOS/c1-8-2-4-9(5-3-8)10(7-14)6-11(12)13/h2-5,10,14H,6-7H2,1H3,(H2,12,13). The highest BCUT2D eigenvalue weighted by Crippen LogP contribution is 2.20. The van der Waals surface area contributed by atoms with E-state index in [-0.39, 0.29) is 11.8 Å². The third-order valence-corrected chi connectivity index (χ3v) is 2.66. The highest BCUT2D eigenvalue weighted by Gasteiger charge is 2.12. The van der Waals surface area contributed by atoms with Gasteiger partial charge in [-0.15, -0.1) is 0 Å². The van der Waals surface area contributed by atoms with Gasteiger partial charge in [-0.25, -0.2) is 0 Å². The maximum Gasteiger partial charge on any atom is 0.218 e. The number of hydrogen-bond acceptors (Lipinski definition) is 2. The van der Waals surface area contributed by atoms with Crippen molar-refractivity contribution < 1.29 is 4.79 Å². The lowest BCUT2D eigenvalue weighted by molar-refractivity contribution is -0.118. The molecule has 0 aromatic heterocycles. The molecule has 0 saturated heterocycles. The summed E-state index contributed by atoms with van der Waals surface area (Å²) in [6.45, 7) is 2.04. The minimum Gasteiger partial charge on any atom is -0.370 e. The van der Waals surface area contributed by atoms with E-state index in [1.807, 2.05) is 31.2 Å². The molecule has 1 aromatic carbocycles. The average Bonchev–Trinajstić information content (AvgIpc) is 2.15. The summed E-state index contributed by atoms with van der Waals surface area (Å²) in [6.07, 6.45) is 0.368. The fraction of sp³-hybridized carbons (Fsp3) is 0.364. The molecule has 2 nitrogen and oxygen atoms in total. The van der Waals surface area contributed by atoms with Gasteiger partial charge >= 0.3 is 0 Å². The molecule has 2 N–H and O–H groups in total. The van der Waals surface area contributed by atoms with E-state index < -0.39 is 0 Å². The van der Waals surface area contributed by atoms with Gasteiger partial charge in [-0.1, -0.05) is 29.8 Å². The second-order valence-corrected chi connectivity index (χ2v) is 3.83. The predicted molar refractivity (Wildman–Crippen MR) is 61.6 cm³/mol. The van der Waals surface area contributed by atoms with Gasteiger partial charge in [0.1, 0.15) is 0 Å². The molecular weight excluding hydrogens is 194 g/mol. The number of rotatable bonds is 4. The summed E-state index contributed by atoms with van der Waals surface area (Å²) in [6, 6.07) is 8.12. The van der Waals surface area contributed by atoms with E-state index in [9.17, 15) is 4.79 Å². The summed E-state index contributed by atoms with van der Waals surface area (Å²) in [5.74, 6) is 0.507. The number of carbonyl (C=O) groups excluding carboxylic acids is 1. The smallest absolute Gasteiger partial charge is 0.218 e. The molecule has 0 aliphatic carbocycles. The summed E-state index contributed by atoms with van der Waals surface area (Å²) in [7, 11) is 0. The molecular formula is C11H15NOS. The van der Waals surface area contributed by atoms with Crippen molar-refractivity contribution >= 4 is 18.5 Å². The van der Waals surface area contributed by atoms with E-state index >= 15 is 0 Å². The van der Waals surface area contributed by atoms with Gasteiger partial charge in [0, 0.05) is 12.3 Å². The fourth-order valence-electron chi connectivity index (χ4n) is 1.37. The van der Waals surface area contributed by atoms with Crippen LogP contribution in [0.1, 0.15) is 23.5 Å². The summed E-state index contributed by atoms with van der Waals surface area (Å²) >= 11 is 4.22. The van der Waals surface area contributed by atoms with Crippen molar-refractivity contribution in [3.05, 3.63) is 35.4 Å². The Morgan fingerprint density at radius 3 is 2.43 bits per heavy atom. The zero-order chi connectivity index (χ0) is 10.6. The Morgan fingerprint density at radius 2 is 2.00 bits per heavy atom. The second-order valence-electron chi connectivity index (χ2n) is 3.46. The van der Waals surface area contributed by atoms with Crippen molar-refractivity contribution in [2.75, 3.05) is 5.75 Å². The van der Waals surface area contributed by atoms with Gasteiger partial charge in [0.05, 0.1) is 0 Å². The number of amides is 1. The quantitative estimate of drug-likeness (QED) is 0.731. The van der Waals surface area contributed by atoms with Crippen molar-refractivity contribution in [2.45, 2.75) is 19.3 Å². The van der Waals surface area contributed by atoms with Crippen LogP contribution in [0.15, 0.2) is 24.3 Å². The highest BCUT2D eigenvalue weighted by atomic mass is 32.1. The molecule has 14 heavy (non-hydrogen) atoms. The number of hydrogen-bond donors (Lipinski definition) is 2. The first-order valence-electron chi connectivity index (χ1n) is 4.59. The predicted octanol–water partition coefficient (Wildman–Crippen LogP) is 1.88. The van der Waals surface area contributed by atoms with E-state index in [0.717, 1.165) is 5.56 Å². The van der Waals surface area contributed by atoms with E-state index in [2.05, 4.69) is 12.6 Å². The van der Waals surface area contributed by atoms with Gasteiger partial charge in [0.15, 0.2) is 0 Å². The zero-order valence-corrected chi connectivity index (χ0v) is 9.13. The Balaban J connectivity index is 2.78. The Morgan fingerprint density at radius 1 is 1.43 bits per heavy atom. The van der Waals surface area contributed by atoms with Crippen molar-refractivity contribution in [1.29, 1.82) is 0 Å². The molecule has 0 heterocycles. The van der Waals surface area contributed by atoms with Crippen LogP contribution in [-0.4, -0.2) is 11.7 Å². The minimum atomic E-state index is -0.273. The molecule has 0 radical (unpaired) electrons. The number of thiol groups is 1. The van der Waals surface area contributed by atoms with Crippen molar-refractivity contribution in [2.24, 2.45) is 5.73 Å². The van der Waals surface area contributed by atoms with Crippen molar-refractivity contribution in [3.8, 4) is 0 Å². The lowest BCUT2D eigenvalue weighted by Gasteiger charge is -2.12. The number of aryl methyl sites for hydroxylation is 1. The molecule has 0 spiro atoms. The fourth-order valence-corrected chi connectivity index (χ4v) is 1.71. The van der Waals surface area contributed by atoms with E-state index in [1.54, 1.807) is 0 Å². The average molecular weight is 209 g/mol. The molecule has 1 unspecified atom stereocenters. The topological polar surface area (TPSA) is 43.1 Å². The summed E-state index contributed by atoms with van der Waals surface area (Å²) in [5, 5.41) is 0. The Labute approximate surface area is 89.9 Å².